The fourth-order valence-electron chi connectivity index (χ4n) is 6.99. The molecule has 1 heteroatoms. The topological polar surface area (TPSA) is 20.2 Å². The molecule has 326 valence electrons. The second kappa shape index (κ2) is 66.8. The van der Waals surface area contributed by atoms with Crippen LogP contribution in [-0.2, 0) is 0 Å². The Morgan fingerprint density at radius 1 is 0.151 bits per heavy atom. The molecule has 0 saturated heterocycles. The first-order valence-electron chi connectivity index (χ1n) is 25.8. The van der Waals surface area contributed by atoms with Crippen molar-refractivity contribution in [1.82, 2.24) is 0 Å². The molecule has 0 aliphatic carbocycles. The summed E-state index contributed by atoms with van der Waals surface area (Å²) < 4.78 is 0. The molecule has 0 atom stereocenters. The van der Waals surface area contributed by atoms with Crippen molar-refractivity contribution < 1.29 is 5.11 Å². The van der Waals surface area contributed by atoms with Crippen molar-refractivity contribution >= 4 is 0 Å². The zero-order valence-corrected chi connectivity index (χ0v) is 39.3. The molecule has 1 N–H and O–H groups in total. The standard InChI is InChI=1S/C16H34O.3C12H26/c1-2-3-4-5-6-7-8-9-10-11-12-13-14-15-16-17;3*1-3-5-7-9-11-12-10-8-6-4-2/h17H,2-16H2,1H3;3*3-12H2,1-2H3. The van der Waals surface area contributed by atoms with Gasteiger partial charge in [0.1, 0.15) is 0 Å². The van der Waals surface area contributed by atoms with E-state index in [2.05, 4.69) is 48.5 Å². The van der Waals surface area contributed by atoms with Gasteiger partial charge in [-0.3, -0.25) is 0 Å². The van der Waals surface area contributed by atoms with Crippen LogP contribution in [0.15, 0.2) is 0 Å². The van der Waals surface area contributed by atoms with Crippen molar-refractivity contribution in [2.45, 2.75) is 331 Å². The van der Waals surface area contributed by atoms with E-state index in [1.165, 1.54) is 276 Å². The van der Waals surface area contributed by atoms with Gasteiger partial charge in [0.25, 0.3) is 0 Å². The minimum atomic E-state index is 0.373. The van der Waals surface area contributed by atoms with Crippen LogP contribution < -0.4 is 0 Å². The van der Waals surface area contributed by atoms with Crippen LogP contribution >= 0.6 is 0 Å². The van der Waals surface area contributed by atoms with Crippen LogP contribution in [0.1, 0.15) is 331 Å². The van der Waals surface area contributed by atoms with Crippen LogP contribution in [0.2, 0.25) is 0 Å². The molecule has 0 aromatic heterocycles. The van der Waals surface area contributed by atoms with Crippen LogP contribution in [0.25, 0.3) is 0 Å². The van der Waals surface area contributed by atoms with Gasteiger partial charge in [0.05, 0.1) is 0 Å². The second-order valence-corrected chi connectivity index (χ2v) is 16.8. The fourth-order valence-corrected chi connectivity index (χ4v) is 6.99. The van der Waals surface area contributed by atoms with E-state index in [1.807, 2.05) is 0 Å². The molecule has 1 nitrogen and oxygen atoms in total. The van der Waals surface area contributed by atoms with Gasteiger partial charge in [0, 0.05) is 6.61 Å². The van der Waals surface area contributed by atoms with Gasteiger partial charge in [-0.05, 0) is 6.42 Å². The van der Waals surface area contributed by atoms with Gasteiger partial charge in [0.2, 0.25) is 0 Å². The van der Waals surface area contributed by atoms with Crippen LogP contribution in [-0.4, -0.2) is 11.7 Å². The van der Waals surface area contributed by atoms with Crippen molar-refractivity contribution in [3.63, 3.8) is 0 Å². The summed E-state index contributed by atoms with van der Waals surface area (Å²) >= 11 is 0. The molecule has 0 amide bonds. The molecule has 0 aliphatic rings. The van der Waals surface area contributed by atoms with Crippen molar-refractivity contribution in [3.05, 3.63) is 0 Å². The second-order valence-electron chi connectivity index (χ2n) is 16.8. The van der Waals surface area contributed by atoms with Crippen LogP contribution in [0.3, 0.4) is 0 Å². The normalized spacial score (nSPS) is 10.6. The number of unbranched alkanes of at least 4 members (excludes halogenated alkanes) is 40. The molecule has 0 rings (SSSR count). The first-order chi connectivity index (χ1) is 26.2. The third-order valence-corrected chi connectivity index (χ3v) is 10.9. The van der Waals surface area contributed by atoms with Crippen LogP contribution in [0.4, 0.5) is 0 Å². The van der Waals surface area contributed by atoms with Crippen molar-refractivity contribution in [3.8, 4) is 0 Å². The van der Waals surface area contributed by atoms with E-state index >= 15 is 0 Å². The minimum absolute atomic E-state index is 0.373. The highest BCUT2D eigenvalue weighted by molar-refractivity contribution is 4.50. The number of aliphatic hydroxyl groups excluding tert-OH is 1. The maximum absolute atomic E-state index is 8.64. The summed E-state index contributed by atoms with van der Waals surface area (Å²) in [7, 11) is 0. The van der Waals surface area contributed by atoms with E-state index in [0.29, 0.717) is 6.61 Å². The molecule has 0 fully saturated rings. The Labute approximate surface area is 341 Å². The first-order valence-corrected chi connectivity index (χ1v) is 25.8. The minimum Gasteiger partial charge on any atom is -0.396 e. The molecule has 0 unspecified atom stereocenters. The highest BCUT2D eigenvalue weighted by atomic mass is 16.2. The van der Waals surface area contributed by atoms with Gasteiger partial charge in [0.15, 0.2) is 0 Å². The molecule has 0 radical (unpaired) electrons. The van der Waals surface area contributed by atoms with E-state index in [4.69, 9.17) is 5.11 Å². The van der Waals surface area contributed by atoms with E-state index in [1.54, 1.807) is 0 Å². The Bertz CT molecular complexity index is 410. The summed E-state index contributed by atoms with van der Waals surface area (Å²) in [6.45, 7) is 16.3. The lowest BCUT2D eigenvalue weighted by molar-refractivity contribution is 0.282. The predicted octanol–water partition coefficient (Wildman–Crippen LogP) is 20.2. The summed E-state index contributed by atoms with van der Waals surface area (Å²) in [6, 6.07) is 0. The first kappa shape index (κ1) is 59.6. The van der Waals surface area contributed by atoms with E-state index in [0.717, 1.165) is 6.42 Å². The van der Waals surface area contributed by atoms with E-state index in [9.17, 15) is 0 Å². The summed E-state index contributed by atoms with van der Waals surface area (Å²) in [4.78, 5) is 0. The van der Waals surface area contributed by atoms with E-state index in [-0.39, 0.29) is 0 Å². The highest BCUT2D eigenvalue weighted by Crippen LogP contribution is 2.14. The molecule has 53 heavy (non-hydrogen) atoms. The number of rotatable bonds is 41. The predicted molar refractivity (Wildman–Crippen MR) is 250 cm³/mol. The van der Waals surface area contributed by atoms with Gasteiger partial charge in [-0.15, -0.1) is 0 Å². The third kappa shape index (κ3) is 77.3. The molecular weight excluding hydrogens is 641 g/mol. The van der Waals surface area contributed by atoms with Crippen LogP contribution in [0.5, 0.6) is 0 Å². The SMILES string of the molecule is CCCCCCCCCCCC.CCCCCCCCCCCC.CCCCCCCCCCCC.CCCCCCCCCCCCCCCCO. The summed E-state index contributed by atoms with van der Waals surface area (Å²) in [6.07, 6.45) is 62.5. The zero-order valence-electron chi connectivity index (χ0n) is 39.3. The summed E-state index contributed by atoms with van der Waals surface area (Å²) in [5, 5.41) is 8.64. The molecule has 0 saturated carbocycles. The third-order valence-electron chi connectivity index (χ3n) is 10.9. The molecule has 0 heterocycles. The quantitative estimate of drug-likeness (QED) is 0.0617. The van der Waals surface area contributed by atoms with Gasteiger partial charge in [-0.1, -0.05) is 325 Å². The van der Waals surface area contributed by atoms with E-state index < -0.39 is 0 Å². The Hall–Kier alpha value is -0.0400. The highest BCUT2D eigenvalue weighted by Gasteiger charge is 1.95. The van der Waals surface area contributed by atoms with Gasteiger partial charge >= 0.3 is 0 Å². The molecule has 0 aliphatic heterocycles. The summed E-state index contributed by atoms with van der Waals surface area (Å²) in [5.74, 6) is 0. The van der Waals surface area contributed by atoms with Crippen LogP contribution in [0, 0.1) is 0 Å². The Morgan fingerprint density at radius 2 is 0.245 bits per heavy atom. The average molecular weight is 753 g/mol. The average Bonchev–Trinajstić information content (AvgIpc) is 3.17. The Morgan fingerprint density at radius 3 is 0.340 bits per heavy atom. The molecule has 0 aromatic rings. The number of hydrogen-bond donors (Lipinski definition) is 1. The van der Waals surface area contributed by atoms with Gasteiger partial charge < -0.3 is 5.11 Å². The Balaban J connectivity index is -0.000000306. The van der Waals surface area contributed by atoms with Gasteiger partial charge in [-0.2, -0.15) is 0 Å². The summed E-state index contributed by atoms with van der Waals surface area (Å²) in [5.41, 5.74) is 0. The monoisotopic (exact) mass is 753 g/mol. The lowest BCUT2D eigenvalue weighted by Crippen LogP contribution is -1.84. The largest absolute Gasteiger partial charge is 0.396 e. The van der Waals surface area contributed by atoms with Crippen molar-refractivity contribution in [2.24, 2.45) is 0 Å². The molecule has 0 aromatic carbocycles. The lowest BCUT2D eigenvalue weighted by atomic mass is 10.0. The number of hydrogen-bond acceptors (Lipinski definition) is 1. The fraction of sp³-hybridized carbons (Fsp3) is 1.00. The maximum Gasteiger partial charge on any atom is 0.0431 e. The maximum atomic E-state index is 8.64. The van der Waals surface area contributed by atoms with Crippen molar-refractivity contribution in [1.29, 1.82) is 0 Å². The molecule has 0 bridgehead atoms. The van der Waals surface area contributed by atoms with Gasteiger partial charge in [-0.25, -0.2) is 0 Å². The number of aliphatic hydroxyl groups is 1. The Kier molecular flexibility index (Phi) is 75.1. The molecular formula is C52H112O. The molecule has 0 spiro atoms. The zero-order chi connectivity index (χ0) is 39.8. The smallest absolute Gasteiger partial charge is 0.0431 e. The lowest BCUT2D eigenvalue weighted by Gasteiger charge is -2.02. The van der Waals surface area contributed by atoms with Crippen molar-refractivity contribution in [2.75, 3.05) is 6.61 Å².